The van der Waals surface area contributed by atoms with Crippen molar-refractivity contribution in [3.8, 4) is 0 Å². The summed E-state index contributed by atoms with van der Waals surface area (Å²) in [4.78, 5) is 53.1. The zero-order valence-corrected chi connectivity index (χ0v) is 14.9. The topological polar surface area (TPSA) is 125 Å². The number of halogens is 1. The highest BCUT2D eigenvalue weighted by molar-refractivity contribution is 6.31. The number of hydrogen-bond acceptors (Lipinski definition) is 4. The van der Waals surface area contributed by atoms with Crippen LogP contribution in [0.25, 0.3) is 21.8 Å². The molecule has 0 saturated heterocycles. The molecule has 8 nitrogen and oxygen atoms in total. The molecule has 0 aliphatic heterocycles. The van der Waals surface area contributed by atoms with E-state index in [1.54, 1.807) is 18.2 Å². The number of carboxylic acids is 1. The Kier molecular flexibility index (Phi) is 4.12. The summed E-state index contributed by atoms with van der Waals surface area (Å²) in [6, 6.07) is 10.8. The summed E-state index contributed by atoms with van der Waals surface area (Å²) in [7, 11) is 0. The molecule has 1 unspecified atom stereocenters. The maximum atomic E-state index is 13.0. The fraction of sp³-hybridized carbons (Fsp3) is 0.0526. The Bertz CT molecular complexity index is 1420. The van der Waals surface area contributed by atoms with Crippen LogP contribution in [0.1, 0.15) is 11.6 Å². The molecule has 2 heterocycles. The quantitative estimate of drug-likeness (QED) is 0.455. The van der Waals surface area contributed by atoms with Crippen molar-refractivity contribution in [1.82, 2.24) is 14.8 Å². The monoisotopic (exact) mass is 397 g/mol. The molecule has 0 fully saturated rings. The second-order valence-corrected chi connectivity index (χ2v) is 6.60. The zero-order chi connectivity index (χ0) is 20.0. The molecule has 0 bridgehead atoms. The van der Waals surface area contributed by atoms with Crippen LogP contribution in [0.5, 0.6) is 0 Å². The van der Waals surface area contributed by atoms with Gasteiger partial charge in [-0.1, -0.05) is 41.9 Å². The molecule has 9 heteroatoms. The first kappa shape index (κ1) is 17.7. The van der Waals surface area contributed by atoms with E-state index in [-0.39, 0.29) is 16.5 Å². The van der Waals surface area contributed by atoms with Gasteiger partial charge in [-0.05, 0) is 23.8 Å². The molecule has 0 radical (unpaired) electrons. The van der Waals surface area contributed by atoms with E-state index >= 15 is 0 Å². The van der Waals surface area contributed by atoms with Gasteiger partial charge in [-0.2, -0.15) is 0 Å². The molecular weight excluding hydrogens is 386 g/mol. The van der Waals surface area contributed by atoms with E-state index < -0.39 is 33.9 Å². The van der Waals surface area contributed by atoms with Crippen molar-refractivity contribution in [2.75, 3.05) is 0 Å². The minimum atomic E-state index is -1.49. The highest BCUT2D eigenvalue weighted by Gasteiger charge is 2.26. The number of H-pyrrole nitrogens is 2. The maximum absolute atomic E-state index is 13.0. The van der Waals surface area contributed by atoms with Crippen molar-refractivity contribution in [2.24, 2.45) is 0 Å². The van der Waals surface area contributed by atoms with Gasteiger partial charge >= 0.3 is 5.97 Å². The van der Waals surface area contributed by atoms with Crippen molar-refractivity contribution < 1.29 is 9.90 Å². The number of benzene rings is 2. The first-order chi connectivity index (χ1) is 13.4. The maximum Gasteiger partial charge on any atom is 0.333 e. The molecule has 0 amide bonds. The van der Waals surface area contributed by atoms with Gasteiger partial charge in [0.05, 0.1) is 5.52 Å². The van der Waals surface area contributed by atoms with Gasteiger partial charge in [0.1, 0.15) is 10.9 Å². The third-order valence-corrected chi connectivity index (χ3v) is 4.69. The van der Waals surface area contributed by atoms with Crippen molar-refractivity contribution in [2.45, 2.75) is 6.04 Å². The third kappa shape index (κ3) is 2.71. The minimum absolute atomic E-state index is 0.165. The van der Waals surface area contributed by atoms with Gasteiger partial charge in [-0.15, -0.1) is 0 Å². The number of pyridine rings is 1. The summed E-state index contributed by atoms with van der Waals surface area (Å²) < 4.78 is 0.666. The number of nitrogens with zero attached hydrogens (tertiary/aromatic N) is 1. The van der Waals surface area contributed by atoms with E-state index in [2.05, 4.69) is 10.1 Å². The highest BCUT2D eigenvalue weighted by Crippen LogP contribution is 2.18. The first-order valence-corrected chi connectivity index (χ1v) is 8.54. The molecule has 1 atom stereocenters. The van der Waals surface area contributed by atoms with Gasteiger partial charge < -0.3 is 10.1 Å². The smallest absolute Gasteiger partial charge is 0.333 e. The average molecular weight is 398 g/mol. The molecule has 0 spiro atoms. The predicted octanol–water partition coefficient (Wildman–Crippen LogP) is 1.86. The Morgan fingerprint density at radius 1 is 1.07 bits per heavy atom. The summed E-state index contributed by atoms with van der Waals surface area (Å²) in [6.45, 7) is 0. The fourth-order valence-electron chi connectivity index (χ4n) is 3.19. The molecule has 3 N–H and O–H groups in total. The second-order valence-electron chi connectivity index (χ2n) is 6.16. The lowest BCUT2D eigenvalue weighted by Gasteiger charge is -2.16. The van der Waals surface area contributed by atoms with E-state index in [0.717, 1.165) is 0 Å². The van der Waals surface area contributed by atoms with Crippen LogP contribution in [-0.2, 0) is 4.79 Å². The van der Waals surface area contributed by atoms with Crippen LogP contribution in [0.4, 0.5) is 0 Å². The normalized spacial score (nSPS) is 12.3. The Balaban J connectivity index is 2.12. The predicted molar refractivity (Wildman–Crippen MR) is 104 cm³/mol. The lowest BCUT2D eigenvalue weighted by atomic mass is 10.1. The minimum Gasteiger partial charge on any atom is -0.479 e. The van der Waals surface area contributed by atoms with Gasteiger partial charge in [-0.3, -0.25) is 19.5 Å². The van der Waals surface area contributed by atoms with Crippen molar-refractivity contribution >= 4 is 39.4 Å². The van der Waals surface area contributed by atoms with Crippen LogP contribution in [0.2, 0.25) is 5.02 Å². The third-order valence-electron chi connectivity index (χ3n) is 4.45. The summed E-state index contributed by atoms with van der Waals surface area (Å²) in [5.74, 6) is -1.35. The van der Waals surface area contributed by atoms with Gasteiger partial charge in [0.25, 0.3) is 11.1 Å². The standard InChI is InChI=1S/C19H12ClN3O5/c20-10-6-7-11-12(8-10)21-14-13(16(11)24)18(26)23(22-17(14)25)15(19(27)28)9-4-2-1-3-5-9/h1-8,15H,(H,21,24)(H,22,25)(H,27,28). The number of hydrogen-bond donors (Lipinski definition) is 3. The number of carboxylic acid groups (broad SMARTS) is 1. The Labute approximate surface area is 160 Å². The number of aromatic amines is 2. The average Bonchev–Trinajstić information content (AvgIpc) is 2.66. The molecule has 0 saturated carbocycles. The molecule has 0 aliphatic rings. The second kappa shape index (κ2) is 6.50. The van der Waals surface area contributed by atoms with Crippen molar-refractivity contribution in [1.29, 1.82) is 0 Å². The van der Waals surface area contributed by atoms with Gasteiger partial charge in [0.15, 0.2) is 6.04 Å². The molecular formula is C19H12ClN3O5. The van der Waals surface area contributed by atoms with Crippen LogP contribution in [0, 0.1) is 0 Å². The number of aliphatic carboxylic acids is 1. The molecule has 28 heavy (non-hydrogen) atoms. The Hall–Kier alpha value is -3.65. The van der Waals surface area contributed by atoms with E-state index in [9.17, 15) is 24.3 Å². The zero-order valence-electron chi connectivity index (χ0n) is 14.1. The fourth-order valence-corrected chi connectivity index (χ4v) is 3.37. The molecule has 0 aliphatic carbocycles. The first-order valence-electron chi connectivity index (χ1n) is 8.16. The number of carbonyl (C=O) groups is 1. The van der Waals surface area contributed by atoms with Crippen LogP contribution < -0.4 is 16.5 Å². The SMILES string of the molecule is O=C(O)C(c1ccccc1)n1[nH]c(=O)c2[nH]c3cc(Cl)ccc3c(=O)c2c1=O. The van der Waals surface area contributed by atoms with Crippen LogP contribution >= 0.6 is 11.6 Å². The summed E-state index contributed by atoms with van der Waals surface area (Å²) in [5, 5.41) is 12.0. The highest BCUT2D eigenvalue weighted by atomic mass is 35.5. The van der Waals surface area contributed by atoms with E-state index in [4.69, 9.17) is 11.6 Å². The summed E-state index contributed by atoms with van der Waals surface area (Å²) in [5.41, 5.74) is -2.05. The number of rotatable bonds is 3. The Morgan fingerprint density at radius 3 is 2.46 bits per heavy atom. The van der Waals surface area contributed by atoms with Gasteiger partial charge in [-0.25, -0.2) is 9.48 Å². The van der Waals surface area contributed by atoms with Gasteiger partial charge in [0, 0.05) is 10.4 Å². The molecule has 4 aromatic rings. The van der Waals surface area contributed by atoms with Gasteiger partial charge in [0.2, 0.25) is 5.43 Å². The van der Waals surface area contributed by atoms with E-state index in [1.165, 1.54) is 30.3 Å². The van der Waals surface area contributed by atoms with E-state index in [1.807, 2.05) is 0 Å². The van der Waals surface area contributed by atoms with Crippen LogP contribution in [-0.4, -0.2) is 25.8 Å². The Morgan fingerprint density at radius 2 is 1.79 bits per heavy atom. The lowest BCUT2D eigenvalue weighted by molar-refractivity contribution is -0.139. The van der Waals surface area contributed by atoms with Crippen LogP contribution in [0.3, 0.4) is 0 Å². The molecule has 2 aromatic heterocycles. The largest absolute Gasteiger partial charge is 0.479 e. The molecule has 4 rings (SSSR count). The summed E-state index contributed by atoms with van der Waals surface area (Å²) in [6.07, 6.45) is 0. The van der Waals surface area contributed by atoms with Crippen LogP contribution in [0.15, 0.2) is 62.9 Å². The summed E-state index contributed by atoms with van der Waals surface area (Å²) >= 11 is 5.92. The molecule has 2 aromatic carbocycles. The van der Waals surface area contributed by atoms with E-state index in [0.29, 0.717) is 15.2 Å². The molecule has 140 valence electrons. The number of fused-ring (bicyclic) bond motifs is 2. The number of aromatic nitrogens is 3. The lowest BCUT2D eigenvalue weighted by Crippen LogP contribution is -2.39. The van der Waals surface area contributed by atoms with Crippen molar-refractivity contribution in [3.05, 3.63) is 90.0 Å². The van der Waals surface area contributed by atoms with Crippen molar-refractivity contribution in [3.63, 3.8) is 0 Å². The number of nitrogens with one attached hydrogen (secondary N) is 2.